The van der Waals surface area contributed by atoms with Crippen LogP contribution in [0.1, 0.15) is 16.1 Å². The van der Waals surface area contributed by atoms with E-state index in [1.54, 1.807) is 41.0 Å². The lowest BCUT2D eigenvalue weighted by Crippen LogP contribution is -2.11. The van der Waals surface area contributed by atoms with Gasteiger partial charge in [-0.2, -0.15) is 0 Å². The first-order valence-electron chi connectivity index (χ1n) is 9.16. The number of para-hydroxylation sites is 1. The van der Waals surface area contributed by atoms with Crippen LogP contribution in [0.3, 0.4) is 0 Å². The van der Waals surface area contributed by atoms with Gasteiger partial charge in [0.25, 0.3) is 0 Å². The Balaban J connectivity index is 1.92. The van der Waals surface area contributed by atoms with Crippen molar-refractivity contribution in [2.45, 2.75) is 6.42 Å². The molecule has 0 amide bonds. The van der Waals surface area contributed by atoms with Crippen LogP contribution in [0.25, 0.3) is 16.6 Å². The lowest BCUT2D eigenvalue weighted by molar-refractivity contribution is -0.136. The van der Waals surface area contributed by atoms with E-state index in [1.807, 2.05) is 6.07 Å². The molecule has 0 spiro atoms. The first-order chi connectivity index (χ1) is 14.8. The first kappa shape index (κ1) is 20.4. The van der Waals surface area contributed by atoms with E-state index in [0.717, 1.165) is 6.07 Å². The van der Waals surface area contributed by atoms with Crippen LogP contribution in [-0.4, -0.2) is 26.7 Å². The summed E-state index contributed by atoms with van der Waals surface area (Å²) in [5.41, 5.74) is 1.17. The minimum Gasteiger partial charge on any atom is -0.481 e. The van der Waals surface area contributed by atoms with Crippen molar-refractivity contribution in [2.24, 2.45) is 0 Å². The summed E-state index contributed by atoms with van der Waals surface area (Å²) in [7, 11) is 0. The highest BCUT2D eigenvalue weighted by Crippen LogP contribution is 2.35. The van der Waals surface area contributed by atoms with Gasteiger partial charge < -0.3 is 19.5 Å². The van der Waals surface area contributed by atoms with Gasteiger partial charge in [0.1, 0.15) is 17.3 Å². The topological polar surface area (TPSA) is 88.8 Å². The third kappa shape index (κ3) is 3.95. The smallest absolute Gasteiger partial charge is 0.338 e. The molecule has 0 aliphatic heterocycles. The molecule has 4 rings (SSSR count). The minimum absolute atomic E-state index is 0.108. The molecule has 8 heteroatoms. The molecule has 2 N–H and O–H groups in total. The van der Waals surface area contributed by atoms with Gasteiger partial charge in [-0.3, -0.25) is 4.79 Å². The number of halogens is 2. The number of rotatable bonds is 6. The van der Waals surface area contributed by atoms with Crippen LogP contribution in [0, 0.1) is 5.82 Å². The fourth-order valence-corrected chi connectivity index (χ4v) is 3.65. The Hall–Kier alpha value is -3.84. The second-order valence-corrected chi connectivity index (χ2v) is 7.13. The summed E-state index contributed by atoms with van der Waals surface area (Å²) in [5.74, 6) is -2.42. The third-order valence-electron chi connectivity index (χ3n) is 4.71. The van der Waals surface area contributed by atoms with Crippen LogP contribution >= 0.6 is 11.6 Å². The molecule has 1 heterocycles. The second kappa shape index (κ2) is 8.12. The number of carboxylic acid groups (broad SMARTS) is 2. The molecule has 0 saturated heterocycles. The predicted molar refractivity (Wildman–Crippen MR) is 113 cm³/mol. The Kier molecular flexibility index (Phi) is 5.35. The number of aliphatic carboxylic acids is 1. The van der Waals surface area contributed by atoms with Crippen LogP contribution in [0.15, 0.2) is 66.7 Å². The Labute approximate surface area is 180 Å². The second-order valence-electron chi connectivity index (χ2n) is 6.73. The van der Waals surface area contributed by atoms with Gasteiger partial charge in [0.15, 0.2) is 0 Å². The minimum atomic E-state index is -1.25. The molecule has 6 nitrogen and oxygen atoms in total. The van der Waals surface area contributed by atoms with Crippen LogP contribution in [0.5, 0.6) is 11.5 Å². The number of hydrogen-bond acceptors (Lipinski definition) is 3. The van der Waals surface area contributed by atoms with E-state index < -0.39 is 24.2 Å². The SMILES string of the molecule is O=C(O)Cc1c(C(=O)O)c2cc(Oc3ccc(F)c(Cl)c3)ccc2n1-c1ccccc1. The molecule has 0 aliphatic rings. The van der Waals surface area contributed by atoms with E-state index in [1.165, 1.54) is 18.2 Å². The summed E-state index contributed by atoms with van der Waals surface area (Å²) < 4.78 is 20.7. The van der Waals surface area contributed by atoms with E-state index in [-0.39, 0.29) is 22.0 Å². The van der Waals surface area contributed by atoms with Gasteiger partial charge >= 0.3 is 11.9 Å². The standard InChI is InChI=1S/C23H15ClFNO5/c24-17-11-15(6-8-18(17)25)31-14-7-9-19-16(10-14)22(23(29)30)20(12-21(27)28)26(19)13-4-2-1-3-5-13/h1-11H,12H2,(H,27,28)(H,29,30). The maximum Gasteiger partial charge on any atom is 0.338 e. The molecule has 156 valence electrons. The number of benzene rings is 3. The Morgan fingerprint density at radius 1 is 0.968 bits per heavy atom. The van der Waals surface area contributed by atoms with Crippen LogP contribution in [-0.2, 0) is 11.2 Å². The van der Waals surface area contributed by atoms with E-state index in [4.69, 9.17) is 16.3 Å². The third-order valence-corrected chi connectivity index (χ3v) is 5.00. The van der Waals surface area contributed by atoms with Gasteiger partial charge in [-0.05, 0) is 42.5 Å². The molecule has 1 aromatic heterocycles. The van der Waals surface area contributed by atoms with Gasteiger partial charge in [0, 0.05) is 22.8 Å². The van der Waals surface area contributed by atoms with E-state index in [0.29, 0.717) is 22.3 Å². The molecule has 0 radical (unpaired) electrons. The van der Waals surface area contributed by atoms with Crippen molar-refractivity contribution in [1.29, 1.82) is 0 Å². The van der Waals surface area contributed by atoms with Gasteiger partial charge in [-0.25, -0.2) is 9.18 Å². The molecule has 0 aliphatic carbocycles. The quantitative estimate of drug-likeness (QED) is 0.411. The van der Waals surface area contributed by atoms with Crippen molar-refractivity contribution < 1.29 is 28.9 Å². The lowest BCUT2D eigenvalue weighted by atomic mass is 10.1. The molecule has 31 heavy (non-hydrogen) atoms. The summed E-state index contributed by atoms with van der Waals surface area (Å²) >= 11 is 5.79. The zero-order valence-electron chi connectivity index (χ0n) is 15.9. The number of aromatic nitrogens is 1. The number of hydrogen-bond donors (Lipinski definition) is 2. The van der Waals surface area contributed by atoms with Crippen LogP contribution < -0.4 is 4.74 Å². The van der Waals surface area contributed by atoms with Crippen LogP contribution in [0.2, 0.25) is 5.02 Å². The van der Waals surface area contributed by atoms with Crippen molar-refractivity contribution in [2.75, 3.05) is 0 Å². The molecule has 0 bridgehead atoms. The van der Waals surface area contributed by atoms with Gasteiger partial charge in [-0.15, -0.1) is 0 Å². The number of aromatic carboxylic acids is 1. The first-order valence-corrected chi connectivity index (χ1v) is 9.53. The predicted octanol–water partition coefficient (Wildman–Crippen LogP) is 5.54. The highest BCUT2D eigenvalue weighted by atomic mass is 35.5. The number of fused-ring (bicyclic) bond motifs is 1. The Morgan fingerprint density at radius 2 is 1.65 bits per heavy atom. The van der Waals surface area contributed by atoms with Gasteiger partial charge in [-0.1, -0.05) is 29.8 Å². The molecule has 0 saturated carbocycles. The molecule has 0 atom stereocenters. The largest absolute Gasteiger partial charge is 0.481 e. The average molecular weight is 440 g/mol. The maximum absolute atomic E-state index is 13.4. The Morgan fingerprint density at radius 3 is 2.29 bits per heavy atom. The monoisotopic (exact) mass is 439 g/mol. The van der Waals surface area contributed by atoms with Crippen molar-refractivity contribution in [1.82, 2.24) is 4.57 Å². The fourth-order valence-electron chi connectivity index (χ4n) is 3.48. The van der Waals surface area contributed by atoms with Gasteiger partial charge in [0.2, 0.25) is 0 Å². The molecular formula is C23H15ClFNO5. The zero-order chi connectivity index (χ0) is 22.1. The summed E-state index contributed by atoms with van der Waals surface area (Å²) in [6.07, 6.45) is -0.477. The Bertz CT molecular complexity index is 1320. The highest BCUT2D eigenvalue weighted by molar-refractivity contribution is 6.30. The number of nitrogens with zero attached hydrogens (tertiary/aromatic N) is 1. The van der Waals surface area contributed by atoms with E-state index in [9.17, 15) is 24.2 Å². The maximum atomic E-state index is 13.4. The molecule has 4 aromatic rings. The van der Waals surface area contributed by atoms with Crippen LogP contribution in [0.4, 0.5) is 4.39 Å². The lowest BCUT2D eigenvalue weighted by Gasteiger charge is -2.10. The number of ether oxygens (including phenoxy) is 1. The van der Waals surface area contributed by atoms with E-state index in [2.05, 4.69) is 0 Å². The molecule has 0 unspecified atom stereocenters. The summed E-state index contributed by atoms with van der Waals surface area (Å²) in [5, 5.41) is 19.5. The zero-order valence-corrected chi connectivity index (χ0v) is 16.6. The normalized spacial score (nSPS) is 10.9. The summed E-state index contributed by atoms with van der Waals surface area (Å²) in [6.45, 7) is 0. The van der Waals surface area contributed by atoms with Crippen molar-refractivity contribution in [3.05, 3.63) is 88.8 Å². The summed E-state index contributed by atoms with van der Waals surface area (Å²) in [4.78, 5) is 23.6. The van der Waals surface area contributed by atoms with Crippen molar-refractivity contribution >= 4 is 34.4 Å². The van der Waals surface area contributed by atoms with Crippen molar-refractivity contribution in [3.8, 4) is 17.2 Å². The summed E-state index contributed by atoms with van der Waals surface area (Å²) in [6, 6.07) is 17.6. The number of carbonyl (C=O) groups is 2. The average Bonchev–Trinajstić information content (AvgIpc) is 3.04. The van der Waals surface area contributed by atoms with Crippen molar-refractivity contribution in [3.63, 3.8) is 0 Å². The fraction of sp³-hybridized carbons (Fsp3) is 0.0435. The van der Waals surface area contributed by atoms with E-state index >= 15 is 0 Å². The van der Waals surface area contributed by atoms with Gasteiger partial charge in [0.05, 0.1) is 22.5 Å². The molecule has 3 aromatic carbocycles. The molecule has 0 fully saturated rings. The highest BCUT2D eigenvalue weighted by Gasteiger charge is 2.25. The molecular weight excluding hydrogens is 425 g/mol. The number of carboxylic acids is 2.